The SMILES string of the molecule is CCC(=O)Nc1nnc(S(=O)(=O)N(C)C)s1. The van der Waals surface area contributed by atoms with Crippen molar-refractivity contribution in [2.24, 2.45) is 0 Å². The standard InChI is InChI=1S/C7H12N4O3S2/c1-4-5(12)8-6-9-10-7(15-6)16(13,14)11(2)3/h4H2,1-3H3,(H,8,9,12). The van der Waals surface area contributed by atoms with Gasteiger partial charge in [0.1, 0.15) is 0 Å². The van der Waals surface area contributed by atoms with Gasteiger partial charge in [0.2, 0.25) is 15.4 Å². The van der Waals surface area contributed by atoms with E-state index in [0.29, 0.717) is 6.42 Å². The van der Waals surface area contributed by atoms with Gasteiger partial charge in [-0.2, -0.15) is 0 Å². The summed E-state index contributed by atoms with van der Waals surface area (Å²) in [6.07, 6.45) is 0.301. The molecule has 1 N–H and O–H groups in total. The van der Waals surface area contributed by atoms with Crippen molar-refractivity contribution < 1.29 is 13.2 Å². The van der Waals surface area contributed by atoms with Gasteiger partial charge in [-0.1, -0.05) is 18.3 Å². The number of carbonyl (C=O) groups excluding carboxylic acids is 1. The van der Waals surface area contributed by atoms with Crippen molar-refractivity contribution in [1.82, 2.24) is 14.5 Å². The van der Waals surface area contributed by atoms with E-state index in [4.69, 9.17) is 0 Å². The highest BCUT2D eigenvalue weighted by molar-refractivity contribution is 7.91. The first-order valence-electron chi connectivity index (χ1n) is 4.43. The summed E-state index contributed by atoms with van der Waals surface area (Å²) in [5.41, 5.74) is 0. The normalized spacial score (nSPS) is 11.8. The van der Waals surface area contributed by atoms with Crippen LogP contribution in [0.5, 0.6) is 0 Å². The molecule has 1 aromatic rings. The molecule has 0 spiro atoms. The molecule has 1 amide bonds. The summed E-state index contributed by atoms with van der Waals surface area (Å²) in [5, 5.41) is 9.74. The number of anilines is 1. The van der Waals surface area contributed by atoms with E-state index >= 15 is 0 Å². The van der Waals surface area contributed by atoms with E-state index in [2.05, 4.69) is 15.5 Å². The second-order valence-corrected chi connectivity index (χ2v) is 6.37. The van der Waals surface area contributed by atoms with Gasteiger partial charge in [0.05, 0.1) is 0 Å². The van der Waals surface area contributed by atoms with E-state index in [1.807, 2.05) is 0 Å². The molecule has 0 saturated carbocycles. The molecule has 0 aromatic carbocycles. The number of rotatable bonds is 4. The fourth-order valence-electron chi connectivity index (χ4n) is 0.728. The summed E-state index contributed by atoms with van der Waals surface area (Å²) in [4.78, 5) is 11.0. The Labute approximate surface area is 97.5 Å². The Morgan fingerprint density at radius 1 is 1.44 bits per heavy atom. The minimum atomic E-state index is -3.57. The van der Waals surface area contributed by atoms with Gasteiger partial charge in [0.15, 0.2) is 0 Å². The maximum Gasteiger partial charge on any atom is 0.271 e. The summed E-state index contributed by atoms with van der Waals surface area (Å²) in [5.74, 6) is -0.232. The van der Waals surface area contributed by atoms with E-state index in [-0.39, 0.29) is 15.4 Å². The quantitative estimate of drug-likeness (QED) is 0.781. The molecule has 0 fully saturated rings. The lowest BCUT2D eigenvalue weighted by molar-refractivity contribution is -0.115. The first kappa shape index (κ1) is 13.0. The van der Waals surface area contributed by atoms with Crippen LogP contribution in [0.25, 0.3) is 0 Å². The Bertz CT molecular complexity index is 480. The van der Waals surface area contributed by atoms with E-state index in [9.17, 15) is 13.2 Å². The summed E-state index contributed by atoms with van der Waals surface area (Å²) in [6, 6.07) is 0. The van der Waals surface area contributed by atoms with Crippen molar-refractivity contribution >= 4 is 32.4 Å². The van der Waals surface area contributed by atoms with Crippen LogP contribution in [0.4, 0.5) is 5.13 Å². The molecule has 0 aliphatic carbocycles. The molecule has 0 radical (unpaired) electrons. The Morgan fingerprint density at radius 2 is 2.06 bits per heavy atom. The number of carbonyl (C=O) groups is 1. The second kappa shape index (κ2) is 4.85. The molecule has 0 atom stereocenters. The third kappa shape index (κ3) is 2.74. The van der Waals surface area contributed by atoms with Crippen molar-refractivity contribution in [3.63, 3.8) is 0 Å². The van der Waals surface area contributed by atoms with Crippen LogP contribution >= 0.6 is 11.3 Å². The molecule has 7 nitrogen and oxygen atoms in total. The Kier molecular flexibility index (Phi) is 3.94. The zero-order valence-electron chi connectivity index (χ0n) is 9.09. The largest absolute Gasteiger partial charge is 0.301 e. The second-order valence-electron chi connectivity index (χ2n) is 3.06. The van der Waals surface area contributed by atoms with Gasteiger partial charge in [0, 0.05) is 20.5 Å². The molecule has 0 aliphatic rings. The molecule has 1 heterocycles. The van der Waals surface area contributed by atoms with E-state index in [0.717, 1.165) is 15.6 Å². The van der Waals surface area contributed by atoms with Crippen LogP contribution < -0.4 is 5.32 Å². The average Bonchev–Trinajstić information content (AvgIpc) is 2.66. The van der Waals surface area contributed by atoms with Gasteiger partial charge in [-0.3, -0.25) is 4.79 Å². The highest BCUT2D eigenvalue weighted by Crippen LogP contribution is 2.21. The van der Waals surface area contributed by atoms with Crippen molar-refractivity contribution in [2.75, 3.05) is 19.4 Å². The molecule has 1 rings (SSSR count). The van der Waals surface area contributed by atoms with Gasteiger partial charge in [-0.05, 0) is 0 Å². The highest BCUT2D eigenvalue weighted by atomic mass is 32.2. The summed E-state index contributed by atoms with van der Waals surface area (Å²) >= 11 is 0.828. The molecule has 0 unspecified atom stereocenters. The number of hydrogen-bond donors (Lipinski definition) is 1. The Morgan fingerprint density at radius 3 is 2.56 bits per heavy atom. The van der Waals surface area contributed by atoms with Crippen LogP contribution in [0.3, 0.4) is 0 Å². The number of nitrogens with one attached hydrogen (secondary N) is 1. The van der Waals surface area contributed by atoms with Gasteiger partial charge in [-0.15, -0.1) is 10.2 Å². The van der Waals surface area contributed by atoms with Crippen LogP contribution in [-0.2, 0) is 14.8 Å². The molecular weight excluding hydrogens is 252 g/mol. The molecule has 9 heteroatoms. The molecule has 0 aliphatic heterocycles. The maximum atomic E-state index is 11.6. The number of sulfonamides is 1. The highest BCUT2D eigenvalue weighted by Gasteiger charge is 2.22. The first-order chi connectivity index (χ1) is 7.37. The zero-order valence-corrected chi connectivity index (χ0v) is 10.7. The van der Waals surface area contributed by atoms with Gasteiger partial charge in [0.25, 0.3) is 10.0 Å². The fraction of sp³-hybridized carbons (Fsp3) is 0.571. The topological polar surface area (TPSA) is 92.3 Å². The lowest BCUT2D eigenvalue weighted by atomic mass is 10.5. The minimum Gasteiger partial charge on any atom is -0.301 e. The van der Waals surface area contributed by atoms with Crippen LogP contribution in [0, 0.1) is 0 Å². The van der Waals surface area contributed by atoms with Crippen LogP contribution in [0.1, 0.15) is 13.3 Å². The minimum absolute atomic E-state index is 0.135. The smallest absolute Gasteiger partial charge is 0.271 e. The van der Waals surface area contributed by atoms with Crippen LogP contribution in [0.15, 0.2) is 4.34 Å². The molecule has 16 heavy (non-hydrogen) atoms. The van der Waals surface area contributed by atoms with E-state index in [1.54, 1.807) is 6.92 Å². The first-order valence-corrected chi connectivity index (χ1v) is 6.69. The molecule has 0 bridgehead atoms. The van der Waals surface area contributed by atoms with E-state index < -0.39 is 10.0 Å². The monoisotopic (exact) mass is 264 g/mol. The third-order valence-corrected chi connectivity index (χ3v) is 4.67. The summed E-state index contributed by atoms with van der Waals surface area (Å²) < 4.78 is 24.1. The maximum absolute atomic E-state index is 11.6. The molecule has 90 valence electrons. The fourth-order valence-corrected chi connectivity index (χ4v) is 2.78. The summed E-state index contributed by atoms with van der Waals surface area (Å²) in [7, 11) is -0.764. The number of aromatic nitrogens is 2. The zero-order chi connectivity index (χ0) is 12.3. The van der Waals surface area contributed by atoms with Gasteiger partial charge < -0.3 is 5.32 Å². The molecular formula is C7H12N4O3S2. The Balaban J connectivity index is 2.92. The number of hydrogen-bond acceptors (Lipinski definition) is 6. The summed E-state index contributed by atoms with van der Waals surface area (Å²) in [6.45, 7) is 1.69. The van der Waals surface area contributed by atoms with Gasteiger partial charge >= 0.3 is 0 Å². The molecule has 1 aromatic heterocycles. The average molecular weight is 264 g/mol. The third-order valence-electron chi connectivity index (χ3n) is 1.68. The van der Waals surface area contributed by atoms with Crippen molar-refractivity contribution in [1.29, 1.82) is 0 Å². The number of nitrogens with zero attached hydrogens (tertiary/aromatic N) is 3. The van der Waals surface area contributed by atoms with Crippen molar-refractivity contribution in [3.05, 3.63) is 0 Å². The van der Waals surface area contributed by atoms with Crippen LogP contribution in [0.2, 0.25) is 0 Å². The van der Waals surface area contributed by atoms with E-state index in [1.165, 1.54) is 14.1 Å². The Hall–Kier alpha value is -1.06. The lowest BCUT2D eigenvalue weighted by Gasteiger charge is -2.06. The predicted molar refractivity (Wildman–Crippen MR) is 59.7 cm³/mol. The van der Waals surface area contributed by atoms with Crippen molar-refractivity contribution in [2.45, 2.75) is 17.7 Å². The number of amides is 1. The molecule has 0 saturated heterocycles. The predicted octanol–water partition coefficient (Wildman–Crippen LogP) is 0.137. The van der Waals surface area contributed by atoms with Crippen LogP contribution in [-0.4, -0.2) is 42.9 Å². The van der Waals surface area contributed by atoms with Gasteiger partial charge in [-0.25, -0.2) is 12.7 Å². The lowest BCUT2D eigenvalue weighted by Crippen LogP contribution is -2.22. The van der Waals surface area contributed by atoms with Crippen molar-refractivity contribution in [3.8, 4) is 0 Å².